The molecule has 0 amide bonds. The van der Waals surface area contributed by atoms with Crippen LogP contribution in [0.3, 0.4) is 0 Å². The average molecular weight is 515 g/mol. The highest BCUT2D eigenvalue weighted by Gasteiger charge is 2.83. The molecule has 3 fully saturated rings. The maximum atomic E-state index is 12.9. The number of rotatable bonds is 1. The Hall–Kier alpha value is -2.26. The Morgan fingerprint density at radius 3 is 2.57 bits per heavy atom. The maximum absolute atomic E-state index is 12.9. The molecular weight excluding hydrogens is 476 g/mol. The summed E-state index contributed by atoms with van der Waals surface area (Å²) in [5.74, 6) is -0.879. The van der Waals surface area contributed by atoms with E-state index in [-0.39, 0.29) is 18.8 Å². The standard InChI is InChI=1S/C29H38O8/c1-18-9-11-28-16-34-26(32)14-19(2)10-12-33-21(20(3)30)7-5-6-8-25(31)37-22-15-24(36-23(28)13-18)29(17-35-29)27(22,28)4/h5-8,13-14,20-24,30H,9-12,15-17H2,1-4H3/b7-5-,8-6-,19-14-/t20-,21+,22-,23-,24?,27-,28?,29+/m1/s1. The number of cyclic esters (lactones) is 1. The zero-order valence-electron chi connectivity index (χ0n) is 22.1. The van der Waals surface area contributed by atoms with Crippen LogP contribution in [0.15, 0.2) is 47.6 Å². The van der Waals surface area contributed by atoms with E-state index in [9.17, 15) is 14.7 Å². The molecule has 8 atom stereocenters. The molecule has 2 bridgehead atoms. The second kappa shape index (κ2) is 9.80. The predicted molar refractivity (Wildman–Crippen MR) is 134 cm³/mol. The first-order chi connectivity index (χ1) is 17.6. The monoisotopic (exact) mass is 514 g/mol. The third-order valence-corrected chi connectivity index (χ3v) is 9.24. The summed E-state index contributed by atoms with van der Waals surface area (Å²) in [5, 5.41) is 10.0. The van der Waals surface area contributed by atoms with E-state index in [1.165, 1.54) is 17.7 Å². The fourth-order valence-corrected chi connectivity index (χ4v) is 6.85. The van der Waals surface area contributed by atoms with Gasteiger partial charge in [-0.2, -0.15) is 0 Å². The van der Waals surface area contributed by atoms with Crippen molar-refractivity contribution in [1.82, 2.24) is 0 Å². The van der Waals surface area contributed by atoms with E-state index < -0.39 is 46.7 Å². The number of esters is 2. The summed E-state index contributed by atoms with van der Waals surface area (Å²) in [6, 6.07) is 0. The second-order valence-corrected chi connectivity index (χ2v) is 11.4. The van der Waals surface area contributed by atoms with Crippen LogP contribution in [0.4, 0.5) is 0 Å². The Kier molecular flexibility index (Phi) is 6.98. The lowest BCUT2D eigenvalue weighted by molar-refractivity contribution is -0.232. The van der Waals surface area contributed by atoms with E-state index in [4.69, 9.17) is 23.7 Å². The molecule has 2 aliphatic carbocycles. The SMILES string of the molecule is CC1=C[C@H]2OC3C[C@H]4OC(=O)/C=C\C=C/[C@@H]([C@@H](C)O)OCC/C(C)=C\C(=O)OCC2(CC1)[C@]4(C)[C@]31CO1. The molecule has 1 N–H and O–H groups in total. The molecule has 202 valence electrons. The molecule has 1 saturated carbocycles. The van der Waals surface area contributed by atoms with Crippen molar-refractivity contribution in [3.05, 3.63) is 47.6 Å². The van der Waals surface area contributed by atoms with Gasteiger partial charge in [-0.25, -0.2) is 9.59 Å². The molecule has 3 heterocycles. The zero-order valence-corrected chi connectivity index (χ0v) is 22.1. The minimum atomic E-state index is -0.735. The number of carbonyl (C=O) groups is 2. The fraction of sp³-hybridized carbons (Fsp3) is 0.655. The summed E-state index contributed by atoms with van der Waals surface area (Å²) >= 11 is 0. The van der Waals surface area contributed by atoms with Crippen molar-refractivity contribution in [1.29, 1.82) is 0 Å². The van der Waals surface area contributed by atoms with Gasteiger partial charge in [0.05, 0.1) is 36.9 Å². The molecule has 0 aromatic heterocycles. The predicted octanol–water partition coefficient (Wildman–Crippen LogP) is 3.34. The molecule has 0 aromatic carbocycles. The molecule has 2 unspecified atom stereocenters. The lowest BCUT2D eigenvalue weighted by Gasteiger charge is -2.58. The summed E-state index contributed by atoms with van der Waals surface area (Å²) < 4.78 is 30.6. The molecule has 3 aliphatic heterocycles. The third kappa shape index (κ3) is 4.42. The smallest absolute Gasteiger partial charge is 0.331 e. The van der Waals surface area contributed by atoms with Crippen LogP contribution < -0.4 is 0 Å². The molecule has 37 heavy (non-hydrogen) atoms. The maximum Gasteiger partial charge on any atom is 0.331 e. The van der Waals surface area contributed by atoms with Crippen LogP contribution in [0.1, 0.15) is 53.4 Å². The van der Waals surface area contributed by atoms with Gasteiger partial charge in [0.25, 0.3) is 0 Å². The third-order valence-electron chi connectivity index (χ3n) is 9.24. The quantitative estimate of drug-likeness (QED) is 0.323. The number of allylic oxidation sites excluding steroid dienone is 3. The van der Waals surface area contributed by atoms with Crippen molar-refractivity contribution in [3.63, 3.8) is 0 Å². The van der Waals surface area contributed by atoms with E-state index in [1.54, 1.807) is 25.2 Å². The van der Waals surface area contributed by atoms with Crippen molar-refractivity contribution in [2.24, 2.45) is 10.8 Å². The zero-order chi connectivity index (χ0) is 26.4. The van der Waals surface area contributed by atoms with Gasteiger partial charge in [-0.1, -0.05) is 42.4 Å². The molecule has 0 radical (unpaired) electrons. The Morgan fingerprint density at radius 1 is 1.05 bits per heavy atom. The van der Waals surface area contributed by atoms with Crippen LogP contribution in [0.2, 0.25) is 0 Å². The van der Waals surface area contributed by atoms with Gasteiger partial charge in [0.15, 0.2) is 0 Å². The highest BCUT2D eigenvalue weighted by Crippen LogP contribution is 2.72. The average Bonchev–Trinajstić information content (AvgIpc) is 3.61. The van der Waals surface area contributed by atoms with E-state index in [2.05, 4.69) is 19.9 Å². The number of epoxide rings is 1. The lowest BCUT2D eigenvalue weighted by Crippen LogP contribution is -2.66. The van der Waals surface area contributed by atoms with Gasteiger partial charge in [0.1, 0.15) is 24.4 Å². The molecule has 8 heteroatoms. The number of aliphatic hydroxyl groups excluding tert-OH is 1. The van der Waals surface area contributed by atoms with Crippen LogP contribution in [0.25, 0.3) is 0 Å². The summed E-state index contributed by atoms with van der Waals surface area (Å²) in [4.78, 5) is 25.9. The highest BCUT2D eigenvalue weighted by atomic mass is 16.6. The molecule has 5 rings (SSSR count). The second-order valence-electron chi connectivity index (χ2n) is 11.4. The number of aliphatic hydroxyl groups is 1. The van der Waals surface area contributed by atoms with Crippen molar-refractivity contribution in [2.45, 2.75) is 89.5 Å². The minimum absolute atomic E-state index is 0.144. The van der Waals surface area contributed by atoms with Gasteiger partial charge in [0.2, 0.25) is 0 Å². The number of carbonyl (C=O) groups excluding carboxylic acids is 2. The molecule has 2 spiro atoms. The van der Waals surface area contributed by atoms with Gasteiger partial charge in [-0.05, 0) is 40.0 Å². The molecule has 0 aromatic rings. The Morgan fingerprint density at radius 2 is 1.84 bits per heavy atom. The van der Waals surface area contributed by atoms with Crippen molar-refractivity contribution < 1.29 is 38.4 Å². The van der Waals surface area contributed by atoms with E-state index in [0.717, 1.165) is 18.4 Å². The summed E-state index contributed by atoms with van der Waals surface area (Å²) in [6.45, 7) is 8.73. The number of hydrogen-bond acceptors (Lipinski definition) is 8. The normalized spacial score (nSPS) is 46.2. The largest absolute Gasteiger partial charge is 0.462 e. The summed E-state index contributed by atoms with van der Waals surface area (Å²) in [6.07, 6.45) is 10.5. The van der Waals surface area contributed by atoms with E-state index in [1.807, 2.05) is 6.92 Å². The first-order valence-corrected chi connectivity index (χ1v) is 13.3. The molecule has 5 aliphatic rings. The van der Waals surface area contributed by atoms with Crippen LogP contribution in [-0.2, 0) is 33.3 Å². The highest BCUT2D eigenvalue weighted by molar-refractivity contribution is 5.83. The van der Waals surface area contributed by atoms with E-state index >= 15 is 0 Å². The van der Waals surface area contributed by atoms with Gasteiger partial charge < -0.3 is 28.8 Å². The van der Waals surface area contributed by atoms with E-state index in [0.29, 0.717) is 26.1 Å². The van der Waals surface area contributed by atoms with Crippen molar-refractivity contribution in [2.75, 3.05) is 19.8 Å². The van der Waals surface area contributed by atoms with Crippen LogP contribution in [0.5, 0.6) is 0 Å². The molecular formula is C29H38O8. The van der Waals surface area contributed by atoms with Crippen LogP contribution in [-0.4, -0.2) is 73.0 Å². The molecule has 2 saturated heterocycles. The van der Waals surface area contributed by atoms with Gasteiger partial charge in [-0.3, -0.25) is 0 Å². The molecule has 8 nitrogen and oxygen atoms in total. The topological polar surface area (TPSA) is 104 Å². The van der Waals surface area contributed by atoms with Crippen molar-refractivity contribution in [3.8, 4) is 0 Å². The van der Waals surface area contributed by atoms with Crippen LogP contribution >= 0.6 is 0 Å². The first kappa shape index (κ1) is 26.4. The van der Waals surface area contributed by atoms with Gasteiger partial charge >= 0.3 is 11.9 Å². The Bertz CT molecular complexity index is 1050. The van der Waals surface area contributed by atoms with Crippen molar-refractivity contribution >= 4 is 11.9 Å². The minimum Gasteiger partial charge on any atom is -0.462 e. The lowest BCUT2D eigenvalue weighted by atomic mass is 9.51. The summed E-state index contributed by atoms with van der Waals surface area (Å²) in [5.41, 5.74) is 0.318. The Balaban J connectivity index is 1.51. The fourth-order valence-electron chi connectivity index (χ4n) is 6.85. The van der Waals surface area contributed by atoms with Gasteiger partial charge in [-0.15, -0.1) is 0 Å². The summed E-state index contributed by atoms with van der Waals surface area (Å²) in [7, 11) is 0. The Labute approximate surface area is 218 Å². The van der Waals surface area contributed by atoms with Gasteiger partial charge in [0, 0.05) is 24.0 Å². The van der Waals surface area contributed by atoms with Crippen LogP contribution in [0, 0.1) is 10.8 Å². The number of ether oxygens (including phenoxy) is 5. The number of hydrogen-bond donors (Lipinski definition) is 1. The first-order valence-electron chi connectivity index (χ1n) is 13.3.